The minimum atomic E-state index is -0.138. The second-order valence-corrected chi connectivity index (χ2v) is 7.11. The molecule has 1 atom stereocenters. The molecule has 3 rings (SSSR count). The first-order valence-corrected chi connectivity index (χ1v) is 9.40. The molecule has 126 valence electrons. The van der Waals surface area contributed by atoms with Gasteiger partial charge >= 0.3 is 0 Å². The van der Waals surface area contributed by atoms with Gasteiger partial charge in [-0.05, 0) is 36.8 Å². The van der Waals surface area contributed by atoms with Gasteiger partial charge in [-0.1, -0.05) is 66.7 Å². The van der Waals surface area contributed by atoms with E-state index in [-0.39, 0.29) is 11.2 Å². The topological polar surface area (TPSA) is 20.3 Å². The maximum absolute atomic E-state index is 13.2. The highest BCUT2D eigenvalue weighted by atomic mass is 32.2. The van der Waals surface area contributed by atoms with E-state index in [1.165, 1.54) is 5.56 Å². The van der Waals surface area contributed by atoms with Crippen molar-refractivity contribution in [2.24, 2.45) is 0 Å². The van der Waals surface area contributed by atoms with Gasteiger partial charge < -0.3 is 0 Å². The Morgan fingerprint density at radius 1 is 0.800 bits per heavy atom. The van der Waals surface area contributed by atoms with E-state index in [0.29, 0.717) is 0 Å². The maximum Gasteiger partial charge on any atom is 0.244 e. The maximum atomic E-state index is 13.2. The van der Waals surface area contributed by atoms with Crippen molar-refractivity contribution in [3.05, 3.63) is 96.6 Å². The highest BCUT2D eigenvalue weighted by Gasteiger charge is 2.23. The number of amides is 1. The van der Waals surface area contributed by atoms with Crippen LogP contribution in [0.15, 0.2) is 91.0 Å². The van der Waals surface area contributed by atoms with Gasteiger partial charge in [0.15, 0.2) is 0 Å². The number of para-hydroxylation sites is 2. The standard InChI is InChI=1S/C22H21NOS/c1-18(25-17-19-11-5-2-6-12-19)22(24)23(20-13-7-3-8-14-20)21-15-9-4-10-16-21/h2-16,18H,17H2,1H3. The van der Waals surface area contributed by atoms with Crippen molar-refractivity contribution in [3.63, 3.8) is 0 Å². The molecule has 0 aliphatic heterocycles. The second kappa shape index (κ2) is 8.54. The van der Waals surface area contributed by atoms with E-state index in [0.717, 1.165) is 17.1 Å². The highest BCUT2D eigenvalue weighted by Crippen LogP contribution is 2.29. The lowest BCUT2D eigenvalue weighted by molar-refractivity contribution is -0.117. The molecule has 25 heavy (non-hydrogen) atoms. The van der Waals surface area contributed by atoms with Gasteiger partial charge in [0.1, 0.15) is 0 Å². The molecule has 0 bridgehead atoms. The molecule has 0 N–H and O–H groups in total. The molecule has 0 aliphatic rings. The van der Waals surface area contributed by atoms with Gasteiger partial charge in [0.05, 0.1) is 5.25 Å². The first kappa shape index (κ1) is 17.3. The molecule has 3 aromatic rings. The van der Waals surface area contributed by atoms with E-state index in [1.807, 2.05) is 90.7 Å². The number of anilines is 2. The summed E-state index contributed by atoms with van der Waals surface area (Å²) in [7, 11) is 0. The lowest BCUT2D eigenvalue weighted by Crippen LogP contribution is -2.32. The zero-order valence-electron chi connectivity index (χ0n) is 14.2. The molecule has 0 aromatic heterocycles. The number of thioether (sulfide) groups is 1. The van der Waals surface area contributed by atoms with E-state index in [9.17, 15) is 4.79 Å². The van der Waals surface area contributed by atoms with Crippen LogP contribution in [0.5, 0.6) is 0 Å². The zero-order chi connectivity index (χ0) is 17.5. The van der Waals surface area contributed by atoms with Crippen molar-refractivity contribution >= 4 is 29.0 Å². The number of nitrogens with zero attached hydrogens (tertiary/aromatic N) is 1. The molecule has 0 aliphatic carbocycles. The average Bonchev–Trinajstić information content (AvgIpc) is 2.69. The second-order valence-electron chi connectivity index (χ2n) is 5.78. The monoisotopic (exact) mass is 347 g/mol. The van der Waals surface area contributed by atoms with Crippen LogP contribution in [0.2, 0.25) is 0 Å². The van der Waals surface area contributed by atoms with E-state index >= 15 is 0 Å². The summed E-state index contributed by atoms with van der Waals surface area (Å²) in [6, 6.07) is 29.9. The quantitative estimate of drug-likeness (QED) is 0.572. The van der Waals surface area contributed by atoms with Crippen molar-refractivity contribution in [2.45, 2.75) is 17.9 Å². The molecule has 0 saturated carbocycles. The molecule has 1 unspecified atom stereocenters. The molecule has 0 heterocycles. The van der Waals surface area contributed by atoms with Gasteiger partial charge in [-0.25, -0.2) is 0 Å². The van der Waals surface area contributed by atoms with Gasteiger partial charge in [-0.15, -0.1) is 11.8 Å². The molecule has 1 amide bonds. The molecule has 2 nitrogen and oxygen atoms in total. The van der Waals surface area contributed by atoms with Crippen LogP contribution in [0.3, 0.4) is 0 Å². The molecular weight excluding hydrogens is 326 g/mol. The van der Waals surface area contributed by atoms with Gasteiger partial charge in [0.25, 0.3) is 0 Å². The summed E-state index contributed by atoms with van der Waals surface area (Å²) in [6.45, 7) is 1.98. The van der Waals surface area contributed by atoms with Gasteiger partial charge in [-0.2, -0.15) is 0 Å². The fourth-order valence-electron chi connectivity index (χ4n) is 2.61. The highest BCUT2D eigenvalue weighted by molar-refractivity contribution is 7.99. The Hall–Kier alpha value is -2.52. The van der Waals surface area contributed by atoms with E-state index < -0.39 is 0 Å². The number of carbonyl (C=O) groups is 1. The third-order valence-electron chi connectivity index (χ3n) is 3.94. The summed E-state index contributed by atoms with van der Waals surface area (Å²) in [5.74, 6) is 0.920. The Morgan fingerprint density at radius 3 is 1.72 bits per heavy atom. The van der Waals surface area contributed by atoms with Crippen LogP contribution in [0.25, 0.3) is 0 Å². The van der Waals surface area contributed by atoms with Crippen molar-refractivity contribution < 1.29 is 4.79 Å². The fraction of sp³-hybridized carbons (Fsp3) is 0.136. The zero-order valence-corrected chi connectivity index (χ0v) is 15.0. The number of hydrogen-bond acceptors (Lipinski definition) is 2. The summed E-state index contributed by atoms with van der Waals surface area (Å²) in [6.07, 6.45) is 0. The van der Waals surface area contributed by atoms with Gasteiger partial charge in [-0.3, -0.25) is 9.69 Å². The van der Waals surface area contributed by atoms with E-state index in [2.05, 4.69) is 12.1 Å². The molecule has 0 saturated heterocycles. The lowest BCUT2D eigenvalue weighted by Gasteiger charge is -2.26. The first-order valence-electron chi connectivity index (χ1n) is 8.35. The third-order valence-corrected chi connectivity index (χ3v) is 5.14. The number of benzene rings is 3. The summed E-state index contributed by atoms with van der Waals surface area (Å²) in [5, 5.41) is -0.138. The Morgan fingerprint density at radius 2 is 1.24 bits per heavy atom. The van der Waals surface area contributed by atoms with Crippen molar-refractivity contribution in [1.82, 2.24) is 0 Å². The normalized spacial score (nSPS) is 11.7. The van der Waals surface area contributed by atoms with Crippen LogP contribution in [0.4, 0.5) is 11.4 Å². The summed E-state index contributed by atoms with van der Waals surface area (Å²) in [5.41, 5.74) is 3.02. The van der Waals surface area contributed by atoms with Crippen molar-refractivity contribution in [2.75, 3.05) is 4.90 Å². The largest absolute Gasteiger partial charge is 0.280 e. The van der Waals surface area contributed by atoms with Gasteiger partial charge in [0, 0.05) is 17.1 Å². The molecule has 3 heteroatoms. The third kappa shape index (κ3) is 4.52. The van der Waals surface area contributed by atoms with Crippen LogP contribution in [-0.2, 0) is 10.5 Å². The summed E-state index contributed by atoms with van der Waals surface area (Å²) < 4.78 is 0. The summed E-state index contributed by atoms with van der Waals surface area (Å²) >= 11 is 1.66. The van der Waals surface area contributed by atoms with Crippen LogP contribution in [-0.4, -0.2) is 11.2 Å². The molecule has 0 fully saturated rings. The lowest BCUT2D eigenvalue weighted by atomic mass is 10.2. The SMILES string of the molecule is CC(SCc1ccccc1)C(=O)N(c1ccccc1)c1ccccc1. The van der Waals surface area contributed by atoms with Crippen LogP contribution in [0, 0.1) is 0 Å². The Bertz CT molecular complexity index is 751. The number of hydrogen-bond donors (Lipinski definition) is 0. The summed E-state index contributed by atoms with van der Waals surface area (Å²) in [4.78, 5) is 15.0. The Labute approximate surface area is 153 Å². The van der Waals surface area contributed by atoms with Gasteiger partial charge in [0.2, 0.25) is 5.91 Å². The fourth-order valence-corrected chi connectivity index (χ4v) is 3.49. The minimum Gasteiger partial charge on any atom is -0.280 e. The van der Waals surface area contributed by atoms with Crippen LogP contribution < -0.4 is 4.90 Å². The Kier molecular flexibility index (Phi) is 5.91. The predicted molar refractivity (Wildman–Crippen MR) is 107 cm³/mol. The van der Waals surface area contributed by atoms with Crippen LogP contribution in [0.1, 0.15) is 12.5 Å². The number of carbonyl (C=O) groups excluding carboxylic acids is 1. The first-order chi connectivity index (χ1) is 12.3. The molecule has 3 aromatic carbocycles. The van der Waals surface area contributed by atoms with E-state index in [4.69, 9.17) is 0 Å². The Balaban J connectivity index is 1.79. The molecule has 0 spiro atoms. The molecule has 0 radical (unpaired) electrons. The minimum absolute atomic E-state index is 0.0957. The predicted octanol–water partition coefficient (Wildman–Crippen LogP) is 5.67. The van der Waals surface area contributed by atoms with Crippen molar-refractivity contribution in [1.29, 1.82) is 0 Å². The molecular formula is C22H21NOS. The smallest absolute Gasteiger partial charge is 0.244 e. The van der Waals surface area contributed by atoms with Crippen molar-refractivity contribution in [3.8, 4) is 0 Å². The average molecular weight is 347 g/mol. The van der Waals surface area contributed by atoms with E-state index in [1.54, 1.807) is 11.8 Å². The number of rotatable bonds is 6. The van der Waals surface area contributed by atoms with Crippen LogP contribution >= 0.6 is 11.8 Å².